The first-order chi connectivity index (χ1) is 34.0. The molecule has 0 aromatic carbocycles. The Hall–Kier alpha value is -4.45. The summed E-state index contributed by atoms with van der Waals surface area (Å²) < 4.78 is 16.8. The molecule has 0 aromatic heterocycles. The van der Waals surface area contributed by atoms with E-state index >= 15 is 0 Å². The third kappa shape index (κ3) is 54.4. The number of carbonyl (C=O) groups excluding carboxylic acids is 3. The molecule has 0 rings (SSSR count). The number of esters is 3. The molecule has 6 heteroatoms. The van der Waals surface area contributed by atoms with Gasteiger partial charge >= 0.3 is 17.9 Å². The molecule has 388 valence electrons. The van der Waals surface area contributed by atoms with Gasteiger partial charge in [-0.2, -0.15) is 0 Å². The highest BCUT2D eigenvalue weighted by Gasteiger charge is 2.19. The lowest BCUT2D eigenvalue weighted by molar-refractivity contribution is -0.167. The van der Waals surface area contributed by atoms with Gasteiger partial charge in [0.25, 0.3) is 0 Å². The van der Waals surface area contributed by atoms with E-state index < -0.39 is 6.10 Å². The zero-order chi connectivity index (χ0) is 50.0. The Kier molecular flexibility index (Phi) is 52.5. The van der Waals surface area contributed by atoms with E-state index in [1.807, 2.05) is 0 Å². The van der Waals surface area contributed by atoms with E-state index in [2.05, 4.69) is 154 Å². The molecule has 0 heterocycles. The van der Waals surface area contributed by atoms with Gasteiger partial charge in [-0.25, -0.2) is 0 Å². The van der Waals surface area contributed by atoms with Crippen LogP contribution in [0.25, 0.3) is 0 Å². The predicted molar refractivity (Wildman–Crippen MR) is 297 cm³/mol. The maximum Gasteiger partial charge on any atom is 0.306 e. The number of hydrogen-bond acceptors (Lipinski definition) is 6. The number of hydrogen-bond donors (Lipinski definition) is 0. The number of unbranched alkanes of at least 4 members (excludes halogenated alkanes) is 15. The van der Waals surface area contributed by atoms with Crippen molar-refractivity contribution < 1.29 is 28.6 Å². The van der Waals surface area contributed by atoms with Crippen molar-refractivity contribution in [2.75, 3.05) is 13.2 Å². The molecule has 0 aliphatic heterocycles. The van der Waals surface area contributed by atoms with Crippen LogP contribution < -0.4 is 0 Å². The highest BCUT2D eigenvalue weighted by molar-refractivity contribution is 5.71. The zero-order valence-corrected chi connectivity index (χ0v) is 44.3. The van der Waals surface area contributed by atoms with E-state index in [1.165, 1.54) is 51.4 Å². The van der Waals surface area contributed by atoms with Crippen molar-refractivity contribution in [3.05, 3.63) is 134 Å². The Morgan fingerprint density at radius 1 is 0.304 bits per heavy atom. The van der Waals surface area contributed by atoms with Crippen LogP contribution in [-0.2, 0) is 28.6 Å². The van der Waals surface area contributed by atoms with Gasteiger partial charge in [0, 0.05) is 19.3 Å². The van der Waals surface area contributed by atoms with E-state index in [-0.39, 0.29) is 37.5 Å². The van der Waals surface area contributed by atoms with E-state index in [1.54, 1.807) is 0 Å². The third-order valence-electron chi connectivity index (χ3n) is 11.1. The van der Waals surface area contributed by atoms with E-state index in [0.717, 1.165) is 128 Å². The van der Waals surface area contributed by atoms with Gasteiger partial charge in [-0.15, -0.1) is 0 Å². The van der Waals surface area contributed by atoms with Crippen LogP contribution in [0.2, 0.25) is 0 Å². The molecule has 0 amide bonds. The van der Waals surface area contributed by atoms with Crippen molar-refractivity contribution in [2.24, 2.45) is 0 Å². The molecule has 6 nitrogen and oxygen atoms in total. The van der Waals surface area contributed by atoms with Crippen LogP contribution >= 0.6 is 0 Å². The van der Waals surface area contributed by atoms with Crippen molar-refractivity contribution in [1.29, 1.82) is 0 Å². The average Bonchev–Trinajstić information content (AvgIpc) is 3.35. The van der Waals surface area contributed by atoms with Crippen LogP contribution in [0, 0.1) is 0 Å². The second-order valence-electron chi connectivity index (χ2n) is 17.7. The molecule has 0 radical (unpaired) electrons. The molecule has 69 heavy (non-hydrogen) atoms. The summed E-state index contributed by atoms with van der Waals surface area (Å²) in [4.78, 5) is 38.1. The highest BCUT2D eigenvalue weighted by atomic mass is 16.6. The molecule has 0 N–H and O–H groups in total. The van der Waals surface area contributed by atoms with Gasteiger partial charge in [-0.3, -0.25) is 14.4 Å². The highest BCUT2D eigenvalue weighted by Crippen LogP contribution is 2.12. The van der Waals surface area contributed by atoms with E-state index in [4.69, 9.17) is 14.2 Å². The number of rotatable bonds is 48. The predicted octanol–water partition coefficient (Wildman–Crippen LogP) is 18.6. The topological polar surface area (TPSA) is 78.9 Å². The van der Waals surface area contributed by atoms with Crippen LogP contribution in [0.3, 0.4) is 0 Å². The number of allylic oxidation sites excluding steroid dienone is 22. The lowest BCUT2D eigenvalue weighted by Crippen LogP contribution is -2.30. The summed E-state index contributed by atoms with van der Waals surface area (Å²) in [5, 5.41) is 0. The van der Waals surface area contributed by atoms with Crippen molar-refractivity contribution in [3.8, 4) is 0 Å². The van der Waals surface area contributed by atoms with Gasteiger partial charge in [0.1, 0.15) is 13.2 Å². The van der Waals surface area contributed by atoms with Crippen molar-refractivity contribution in [3.63, 3.8) is 0 Å². The summed E-state index contributed by atoms with van der Waals surface area (Å²) in [5.74, 6) is -1.03. The first-order valence-electron chi connectivity index (χ1n) is 27.7. The molecule has 0 aliphatic rings. The fourth-order valence-corrected chi connectivity index (χ4v) is 6.96. The quantitative estimate of drug-likeness (QED) is 0.0262. The molecule has 1 atom stereocenters. The van der Waals surface area contributed by atoms with Crippen molar-refractivity contribution >= 4 is 17.9 Å². The summed E-state index contributed by atoms with van der Waals surface area (Å²) in [7, 11) is 0. The van der Waals surface area contributed by atoms with Gasteiger partial charge in [0.2, 0.25) is 0 Å². The summed E-state index contributed by atoms with van der Waals surface area (Å²) in [6, 6.07) is 0. The molecule has 0 fully saturated rings. The summed E-state index contributed by atoms with van der Waals surface area (Å²) >= 11 is 0. The third-order valence-corrected chi connectivity index (χ3v) is 11.1. The van der Waals surface area contributed by atoms with Gasteiger partial charge in [-0.1, -0.05) is 206 Å². The minimum atomic E-state index is -0.832. The molecular formula is C63H100O6. The Bertz CT molecular complexity index is 1510. The van der Waals surface area contributed by atoms with Gasteiger partial charge in [0.15, 0.2) is 6.10 Å². The lowest BCUT2D eigenvalue weighted by Gasteiger charge is -2.18. The Morgan fingerprint density at radius 3 is 0.942 bits per heavy atom. The standard InChI is InChI=1S/C63H100O6/c1-4-7-10-13-16-19-22-25-28-30-31-33-35-38-41-44-47-50-53-56-62(65)68-59-60(58-67-61(64)55-52-49-46-43-40-37-34-27-24-21-18-15-12-9-6-3)69-63(66)57-54-51-48-45-42-39-36-32-29-26-23-20-17-14-11-8-5-2/h7,10,16-21,25-29,31,33-34,36,38-39,41,45,48,60H,4-6,8-9,11-15,22-24,30,32,35,37,40,42-44,46-47,49-59H2,1-3H3/b10-7+,19-16+,20-17+,21-18+,28-25+,29-26+,33-31+,34-27+,39-36+,41-38+,48-45+/t60-/m1/s1. The second-order valence-corrected chi connectivity index (χ2v) is 17.7. The van der Waals surface area contributed by atoms with Crippen molar-refractivity contribution in [2.45, 2.75) is 232 Å². The lowest BCUT2D eigenvalue weighted by atomic mass is 10.1. The zero-order valence-electron chi connectivity index (χ0n) is 44.3. The number of carbonyl (C=O) groups is 3. The normalized spacial score (nSPS) is 13.1. The Balaban J connectivity index is 4.59. The Labute approximate surface area is 424 Å². The van der Waals surface area contributed by atoms with Crippen LogP contribution in [0.5, 0.6) is 0 Å². The molecule has 0 spiro atoms. The van der Waals surface area contributed by atoms with E-state index in [9.17, 15) is 14.4 Å². The van der Waals surface area contributed by atoms with Gasteiger partial charge < -0.3 is 14.2 Å². The first-order valence-corrected chi connectivity index (χ1v) is 27.7. The average molecular weight is 953 g/mol. The fourth-order valence-electron chi connectivity index (χ4n) is 6.96. The van der Waals surface area contributed by atoms with Gasteiger partial charge in [-0.05, 0) is 135 Å². The van der Waals surface area contributed by atoms with Crippen LogP contribution in [0.1, 0.15) is 226 Å². The van der Waals surface area contributed by atoms with Gasteiger partial charge in [0.05, 0.1) is 0 Å². The molecule has 0 saturated heterocycles. The second kappa shape index (κ2) is 56.1. The maximum absolute atomic E-state index is 12.8. The first kappa shape index (κ1) is 64.5. The van der Waals surface area contributed by atoms with E-state index in [0.29, 0.717) is 19.3 Å². The molecule has 0 bridgehead atoms. The fraction of sp³-hybridized carbons (Fsp3) is 0.603. The molecule has 0 aliphatic carbocycles. The minimum absolute atomic E-state index is 0.122. The molecule has 0 saturated carbocycles. The van der Waals surface area contributed by atoms with Crippen LogP contribution in [-0.4, -0.2) is 37.2 Å². The Morgan fingerprint density at radius 2 is 0.580 bits per heavy atom. The SMILES string of the molecule is CC/C=C/C/C=C/C/C=C/C/C=C/C/C=C/CCCCCC(=O)OC[C@@H](COC(=O)CCCCCCC/C=C/C/C=C/CCCCC)OC(=O)CCC/C=C/C/C=C/C/C=C/C/C=C/CCCCC. The maximum atomic E-state index is 12.8. The molecule has 0 unspecified atom stereocenters. The smallest absolute Gasteiger partial charge is 0.306 e. The monoisotopic (exact) mass is 953 g/mol. The summed E-state index contributed by atoms with van der Waals surface area (Å²) in [6.45, 7) is 6.37. The summed E-state index contributed by atoms with van der Waals surface area (Å²) in [5.41, 5.74) is 0. The molecule has 0 aromatic rings. The molecular weight excluding hydrogens is 853 g/mol. The minimum Gasteiger partial charge on any atom is -0.462 e. The largest absolute Gasteiger partial charge is 0.462 e. The van der Waals surface area contributed by atoms with Crippen molar-refractivity contribution in [1.82, 2.24) is 0 Å². The van der Waals surface area contributed by atoms with Crippen LogP contribution in [0.4, 0.5) is 0 Å². The summed E-state index contributed by atoms with van der Waals surface area (Å²) in [6.07, 6.45) is 78.6. The number of ether oxygens (including phenoxy) is 3. The van der Waals surface area contributed by atoms with Crippen LogP contribution in [0.15, 0.2) is 134 Å².